The fourth-order valence-electron chi connectivity index (χ4n) is 3.78. The Morgan fingerprint density at radius 3 is 2.28 bits per heavy atom. The first kappa shape index (κ1) is 21.1. The third-order valence-corrected chi connectivity index (χ3v) is 5.34. The minimum absolute atomic E-state index is 0.108. The highest BCUT2D eigenvalue weighted by Crippen LogP contribution is 2.24. The van der Waals surface area contributed by atoms with Crippen molar-refractivity contribution in [3.05, 3.63) is 101 Å². The van der Waals surface area contributed by atoms with Crippen LogP contribution in [-0.2, 0) is 12.8 Å². The Balaban J connectivity index is 1.63. The van der Waals surface area contributed by atoms with Gasteiger partial charge in [0, 0.05) is 24.2 Å². The van der Waals surface area contributed by atoms with Gasteiger partial charge in [0.25, 0.3) is 5.91 Å². The van der Waals surface area contributed by atoms with Gasteiger partial charge in [-0.25, -0.2) is 4.79 Å². The lowest BCUT2D eigenvalue weighted by Crippen LogP contribution is -2.13. The summed E-state index contributed by atoms with van der Waals surface area (Å²) < 4.78 is 1.43. The average Bonchev–Trinajstić information content (AvgIpc) is 3.18. The molecule has 3 aromatic carbocycles. The summed E-state index contributed by atoms with van der Waals surface area (Å²) in [5.74, 6) is -1.66. The normalized spacial score (nSPS) is 10.8. The third kappa shape index (κ3) is 4.44. The molecule has 0 aliphatic carbocycles. The number of benzene rings is 3. The molecule has 2 N–H and O–H groups in total. The molecule has 0 spiro atoms. The van der Waals surface area contributed by atoms with Crippen LogP contribution >= 0.6 is 0 Å². The van der Waals surface area contributed by atoms with E-state index in [1.54, 1.807) is 36.4 Å². The van der Waals surface area contributed by atoms with E-state index >= 15 is 0 Å². The molecule has 160 valence electrons. The lowest BCUT2D eigenvalue weighted by molar-refractivity contribution is 0.0696. The lowest BCUT2D eigenvalue weighted by Gasteiger charge is -2.10. The Hall–Kier alpha value is -4.19. The number of aromatic nitrogens is 1. The van der Waals surface area contributed by atoms with Gasteiger partial charge < -0.3 is 10.4 Å². The average molecular weight is 426 g/mol. The number of carbonyl (C=O) groups excluding carboxylic acids is 2. The number of aromatic carboxylic acids is 1. The Labute approximate surface area is 185 Å². The highest BCUT2D eigenvalue weighted by Gasteiger charge is 2.17. The number of para-hydroxylation sites is 1. The first-order valence-corrected chi connectivity index (χ1v) is 10.3. The predicted molar refractivity (Wildman–Crippen MR) is 123 cm³/mol. The molecule has 0 fully saturated rings. The van der Waals surface area contributed by atoms with Crippen molar-refractivity contribution < 1.29 is 19.5 Å². The number of nitrogens with one attached hydrogen (secondary N) is 1. The van der Waals surface area contributed by atoms with E-state index in [9.17, 15) is 19.5 Å². The standard InChI is InChI=1S/C26H22N2O4/c1-17(29)28-16-23(22-9-5-6-10-24(22)28)25(30)27-21-14-19(13-20(15-21)26(31)32)12-11-18-7-3-2-4-8-18/h2-10,13-16H,11-12H2,1H3,(H,27,30)(H,31,32). The van der Waals surface area contributed by atoms with E-state index < -0.39 is 11.9 Å². The minimum Gasteiger partial charge on any atom is -0.478 e. The van der Waals surface area contributed by atoms with Crippen LogP contribution in [-0.4, -0.2) is 27.5 Å². The van der Waals surface area contributed by atoms with E-state index in [1.165, 1.54) is 23.8 Å². The molecular formula is C26H22N2O4. The maximum absolute atomic E-state index is 13.1. The van der Waals surface area contributed by atoms with Gasteiger partial charge >= 0.3 is 5.97 Å². The fraction of sp³-hybridized carbons (Fsp3) is 0.115. The summed E-state index contributed by atoms with van der Waals surface area (Å²) in [7, 11) is 0. The van der Waals surface area contributed by atoms with Crippen LogP contribution in [0.1, 0.15) is 43.6 Å². The summed E-state index contributed by atoms with van der Waals surface area (Å²) in [5, 5.41) is 13.0. The van der Waals surface area contributed by atoms with Gasteiger partial charge in [0.1, 0.15) is 0 Å². The first-order chi connectivity index (χ1) is 15.4. The van der Waals surface area contributed by atoms with Crippen LogP contribution in [0.15, 0.2) is 79.0 Å². The molecule has 0 saturated heterocycles. The van der Waals surface area contributed by atoms with E-state index in [1.807, 2.05) is 30.3 Å². The zero-order valence-electron chi connectivity index (χ0n) is 17.5. The minimum atomic E-state index is -1.06. The summed E-state index contributed by atoms with van der Waals surface area (Å²) in [6, 6.07) is 21.9. The monoisotopic (exact) mass is 426 g/mol. The Bertz CT molecular complexity index is 1320. The number of hydrogen-bond acceptors (Lipinski definition) is 3. The largest absolute Gasteiger partial charge is 0.478 e. The summed E-state index contributed by atoms with van der Waals surface area (Å²) in [6.45, 7) is 1.43. The molecule has 0 saturated carbocycles. The number of amides is 1. The molecule has 0 aliphatic rings. The van der Waals surface area contributed by atoms with Gasteiger partial charge in [0.2, 0.25) is 5.91 Å². The Morgan fingerprint density at radius 1 is 0.875 bits per heavy atom. The lowest BCUT2D eigenvalue weighted by atomic mass is 10.0. The molecule has 4 rings (SSSR count). The molecular weight excluding hydrogens is 404 g/mol. The number of aryl methyl sites for hydroxylation is 2. The molecule has 0 unspecified atom stereocenters. The number of fused-ring (bicyclic) bond motifs is 1. The summed E-state index contributed by atoms with van der Waals surface area (Å²) in [4.78, 5) is 36.7. The maximum Gasteiger partial charge on any atom is 0.335 e. The van der Waals surface area contributed by atoms with E-state index in [-0.39, 0.29) is 11.5 Å². The summed E-state index contributed by atoms with van der Waals surface area (Å²) >= 11 is 0. The van der Waals surface area contributed by atoms with Crippen LogP contribution in [0.4, 0.5) is 5.69 Å². The van der Waals surface area contributed by atoms with Crippen LogP contribution in [0.2, 0.25) is 0 Å². The number of rotatable bonds is 6. The number of carbonyl (C=O) groups is 3. The predicted octanol–water partition coefficient (Wildman–Crippen LogP) is 5.04. The van der Waals surface area contributed by atoms with Crippen molar-refractivity contribution >= 4 is 34.4 Å². The fourth-order valence-corrected chi connectivity index (χ4v) is 3.78. The zero-order valence-corrected chi connectivity index (χ0v) is 17.5. The van der Waals surface area contributed by atoms with E-state index in [0.717, 1.165) is 17.5 Å². The number of carboxylic acid groups (broad SMARTS) is 1. The molecule has 4 aromatic rings. The van der Waals surface area contributed by atoms with Crippen molar-refractivity contribution in [2.24, 2.45) is 0 Å². The maximum atomic E-state index is 13.1. The number of hydrogen-bond donors (Lipinski definition) is 2. The molecule has 0 aliphatic heterocycles. The van der Waals surface area contributed by atoms with Crippen LogP contribution in [0, 0.1) is 0 Å². The highest BCUT2D eigenvalue weighted by molar-refractivity contribution is 6.14. The van der Waals surface area contributed by atoms with Gasteiger partial charge in [-0.05, 0) is 48.2 Å². The second-order valence-corrected chi connectivity index (χ2v) is 7.61. The van der Waals surface area contributed by atoms with Gasteiger partial charge in [-0.15, -0.1) is 0 Å². The Morgan fingerprint density at radius 2 is 1.56 bits per heavy atom. The van der Waals surface area contributed by atoms with Crippen LogP contribution < -0.4 is 5.32 Å². The van der Waals surface area contributed by atoms with Crippen molar-refractivity contribution in [2.45, 2.75) is 19.8 Å². The Kier molecular flexibility index (Phi) is 5.85. The molecule has 0 bridgehead atoms. The third-order valence-electron chi connectivity index (χ3n) is 5.34. The van der Waals surface area contributed by atoms with Gasteiger partial charge in [-0.3, -0.25) is 14.2 Å². The number of anilines is 1. The van der Waals surface area contributed by atoms with Crippen molar-refractivity contribution in [2.75, 3.05) is 5.32 Å². The molecule has 0 atom stereocenters. The van der Waals surface area contributed by atoms with E-state index in [2.05, 4.69) is 5.32 Å². The second-order valence-electron chi connectivity index (χ2n) is 7.61. The van der Waals surface area contributed by atoms with Crippen molar-refractivity contribution in [1.82, 2.24) is 4.57 Å². The second kappa shape index (κ2) is 8.89. The van der Waals surface area contributed by atoms with Gasteiger partial charge in [0.05, 0.1) is 16.6 Å². The van der Waals surface area contributed by atoms with Crippen molar-refractivity contribution in [3.63, 3.8) is 0 Å². The quantitative estimate of drug-likeness (QED) is 0.452. The number of carboxylic acids is 1. The highest BCUT2D eigenvalue weighted by atomic mass is 16.4. The van der Waals surface area contributed by atoms with Crippen molar-refractivity contribution in [3.8, 4) is 0 Å². The molecule has 1 aromatic heterocycles. The van der Waals surface area contributed by atoms with Gasteiger partial charge in [-0.2, -0.15) is 0 Å². The van der Waals surface area contributed by atoms with E-state index in [4.69, 9.17) is 0 Å². The van der Waals surface area contributed by atoms with E-state index in [0.29, 0.717) is 28.6 Å². The molecule has 6 heteroatoms. The number of nitrogens with zero attached hydrogens (tertiary/aromatic N) is 1. The summed E-state index contributed by atoms with van der Waals surface area (Å²) in [5.41, 5.74) is 3.47. The molecule has 1 heterocycles. The molecule has 0 radical (unpaired) electrons. The SMILES string of the molecule is CC(=O)n1cc(C(=O)Nc2cc(CCc3ccccc3)cc(C(=O)O)c2)c2ccccc21. The topological polar surface area (TPSA) is 88.4 Å². The molecule has 32 heavy (non-hydrogen) atoms. The zero-order chi connectivity index (χ0) is 22.7. The smallest absolute Gasteiger partial charge is 0.335 e. The summed E-state index contributed by atoms with van der Waals surface area (Å²) in [6.07, 6.45) is 2.90. The van der Waals surface area contributed by atoms with Crippen molar-refractivity contribution in [1.29, 1.82) is 0 Å². The van der Waals surface area contributed by atoms with Crippen LogP contribution in [0.3, 0.4) is 0 Å². The molecule has 6 nitrogen and oxygen atoms in total. The van der Waals surface area contributed by atoms with Gasteiger partial charge in [0.15, 0.2) is 0 Å². The van der Waals surface area contributed by atoms with Gasteiger partial charge in [-0.1, -0.05) is 48.5 Å². The van der Waals surface area contributed by atoms with Crippen LogP contribution in [0.25, 0.3) is 10.9 Å². The van der Waals surface area contributed by atoms with Crippen LogP contribution in [0.5, 0.6) is 0 Å². The molecule has 1 amide bonds. The first-order valence-electron chi connectivity index (χ1n) is 10.3.